The monoisotopic (exact) mass is 489 g/mol. The minimum absolute atomic E-state index is 0.143. The van der Waals surface area contributed by atoms with Crippen molar-refractivity contribution < 1.29 is 19.1 Å². The smallest absolute Gasteiger partial charge is 0.408 e. The first-order valence-electron chi connectivity index (χ1n) is 13.0. The number of hydrogen-bond donors (Lipinski definition) is 2. The molecule has 0 heterocycles. The fraction of sp³-hybridized carbons (Fsp3) is 0.679. The molecule has 1 aromatic rings. The number of carbonyl (C=O) groups is 3. The van der Waals surface area contributed by atoms with Gasteiger partial charge in [-0.05, 0) is 70.6 Å². The van der Waals surface area contributed by atoms with Gasteiger partial charge >= 0.3 is 6.09 Å². The fourth-order valence-corrected chi connectivity index (χ4v) is 3.97. The zero-order valence-electron chi connectivity index (χ0n) is 23.3. The van der Waals surface area contributed by atoms with Crippen LogP contribution in [0, 0.1) is 19.8 Å². The number of alkyl carbamates (subject to hydrolysis) is 1. The molecule has 198 valence electrons. The lowest BCUT2D eigenvalue weighted by molar-refractivity contribution is -0.143. The van der Waals surface area contributed by atoms with Crippen LogP contribution in [0.25, 0.3) is 0 Å². The molecule has 0 aliphatic carbocycles. The lowest BCUT2D eigenvalue weighted by atomic mass is 9.93. The van der Waals surface area contributed by atoms with Gasteiger partial charge in [-0.25, -0.2) is 4.79 Å². The molecule has 0 bridgehead atoms. The molecule has 2 N–H and O–H groups in total. The molecule has 0 spiro atoms. The number of rotatable bonds is 12. The van der Waals surface area contributed by atoms with Gasteiger partial charge < -0.3 is 20.3 Å². The van der Waals surface area contributed by atoms with Gasteiger partial charge in [-0.3, -0.25) is 9.59 Å². The molecule has 0 radical (unpaired) electrons. The summed E-state index contributed by atoms with van der Waals surface area (Å²) in [5, 5.41) is 5.83. The molecule has 35 heavy (non-hydrogen) atoms. The number of carbonyl (C=O) groups excluding carboxylic acids is 3. The van der Waals surface area contributed by atoms with Gasteiger partial charge in [0.15, 0.2) is 0 Å². The van der Waals surface area contributed by atoms with Gasteiger partial charge in [0.25, 0.3) is 0 Å². The normalized spacial score (nSPS) is 14.0. The van der Waals surface area contributed by atoms with E-state index in [0.717, 1.165) is 36.0 Å². The maximum absolute atomic E-state index is 13.9. The summed E-state index contributed by atoms with van der Waals surface area (Å²) in [5.74, 6) is -0.636. The van der Waals surface area contributed by atoms with Crippen molar-refractivity contribution in [2.75, 3.05) is 13.1 Å². The van der Waals surface area contributed by atoms with Crippen LogP contribution in [0.15, 0.2) is 18.2 Å². The van der Waals surface area contributed by atoms with Crippen LogP contribution in [0.4, 0.5) is 4.79 Å². The van der Waals surface area contributed by atoms with Crippen molar-refractivity contribution in [1.29, 1.82) is 0 Å². The summed E-state index contributed by atoms with van der Waals surface area (Å²) in [6.45, 7) is 18.1. The molecule has 0 aromatic heterocycles. The Balaban J connectivity index is 3.39. The molecule has 3 amide bonds. The van der Waals surface area contributed by atoms with Crippen LogP contribution in [-0.4, -0.2) is 47.5 Å². The number of unbranched alkanes of at least 4 members (excludes halogenated alkanes) is 2. The Morgan fingerprint density at radius 1 is 1.06 bits per heavy atom. The number of hydrogen-bond acceptors (Lipinski definition) is 4. The molecule has 0 aliphatic heterocycles. The lowest BCUT2D eigenvalue weighted by Crippen LogP contribution is -2.55. The second-order valence-corrected chi connectivity index (χ2v) is 10.3. The molecule has 0 saturated carbocycles. The van der Waals surface area contributed by atoms with Gasteiger partial charge in [-0.2, -0.15) is 0 Å². The highest BCUT2D eigenvalue weighted by Gasteiger charge is 2.37. The molecule has 3 atom stereocenters. The third kappa shape index (κ3) is 9.19. The highest BCUT2D eigenvalue weighted by atomic mass is 16.6. The average molecular weight is 490 g/mol. The fourth-order valence-electron chi connectivity index (χ4n) is 3.97. The zero-order valence-corrected chi connectivity index (χ0v) is 23.3. The van der Waals surface area contributed by atoms with E-state index < -0.39 is 23.8 Å². The number of likely N-dealkylation sites (N-methyl/N-ethyl adjacent to an activating group) is 1. The Morgan fingerprint density at radius 2 is 1.71 bits per heavy atom. The number of amides is 3. The molecular formula is C28H47N3O4. The minimum atomic E-state index is -0.810. The van der Waals surface area contributed by atoms with Gasteiger partial charge in [0.2, 0.25) is 11.8 Å². The first kappa shape index (κ1) is 30.5. The third-order valence-electron chi connectivity index (χ3n) is 6.36. The summed E-state index contributed by atoms with van der Waals surface area (Å²) in [7, 11) is 0. The molecule has 7 nitrogen and oxygen atoms in total. The highest BCUT2D eigenvalue weighted by molar-refractivity contribution is 5.92. The summed E-state index contributed by atoms with van der Waals surface area (Å²) in [4.78, 5) is 41.7. The first-order valence-corrected chi connectivity index (χ1v) is 13.0. The van der Waals surface area contributed by atoms with Gasteiger partial charge in [0.05, 0.1) is 0 Å². The maximum Gasteiger partial charge on any atom is 0.408 e. The summed E-state index contributed by atoms with van der Waals surface area (Å²) >= 11 is 0. The van der Waals surface area contributed by atoms with Gasteiger partial charge in [-0.1, -0.05) is 58.2 Å². The second kappa shape index (κ2) is 14.1. The topological polar surface area (TPSA) is 87.7 Å². The standard InChI is InChI=1S/C28H47N3O4/c1-10-13-14-18-29-25(32)24(22-17-15-16-20(5)21(22)6)31(12-3)26(33)23(19(4)11-2)30-27(34)35-28(7,8)9/h15-17,19,23-24H,10-14,18H2,1-9H3,(H,29,32)(H,30,34). The van der Waals surface area contributed by atoms with Crippen molar-refractivity contribution in [2.45, 2.75) is 106 Å². The van der Waals surface area contributed by atoms with Crippen LogP contribution in [0.3, 0.4) is 0 Å². The second-order valence-electron chi connectivity index (χ2n) is 10.3. The number of aryl methyl sites for hydroxylation is 1. The highest BCUT2D eigenvalue weighted by Crippen LogP contribution is 2.28. The summed E-state index contributed by atoms with van der Waals surface area (Å²) in [6, 6.07) is 4.22. The van der Waals surface area contributed by atoms with E-state index in [1.54, 1.807) is 25.7 Å². The molecule has 3 unspecified atom stereocenters. The van der Waals surface area contributed by atoms with E-state index >= 15 is 0 Å². The Morgan fingerprint density at radius 3 is 2.26 bits per heavy atom. The molecule has 1 aromatic carbocycles. The Bertz CT molecular complexity index is 847. The quantitative estimate of drug-likeness (QED) is 0.383. The van der Waals surface area contributed by atoms with E-state index in [9.17, 15) is 14.4 Å². The van der Waals surface area contributed by atoms with Crippen molar-refractivity contribution in [2.24, 2.45) is 5.92 Å². The largest absolute Gasteiger partial charge is 0.444 e. The average Bonchev–Trinajstić information content (AvgIpc) is 2.78. The van der Waals surface area contributed by atoms with Gasteiger partial charge in [0.1, 0.15) is 17.7 Å². The Kier molecular flexibility index (Phi) is 12.3. The lowest BCUT2D eigenvalue weighted by Gasteiger charge is -2.36. The number of ether oxygens (including phenoxy) is 1. The maximum atomic E-state index is 13.9. The number of nitrogens with zero attached hydrogens (tertiary/aromatic N) is 1. The van der Waals surface area contributed by atoms with Crippen LogP contribution >= 0.6 is 0 Å². The van der Waals surface area contributed by atoms with Crippen molar-refractivity contribution in [3.63, 3.8) is 0 Å². The zero-order chi connectivity index (χ0) is 26.8. The van der Waals surface area contributed by atoms with E-state index in [-0.39, 0.29) is 17.7 Å². The molecule has 0 saturated heterocycles. The summed E-state index contributed by atoms with van der Waals surface area (Å²) in [6.07, 6.45) is 3.02. The van der Waals surface area contributed by atoms with E-state index in [0.29, 0.717) is 19.5 Å². The number of nitrogens with one attached hydrogen (secondary N) is 2. The SMILES string of the molecule is CCCCCNC(=O)C(c1cccc(C)c1C)N(CC)C(=O)C(NC(=O)OC(C)(C)C)C(C)CC. The predicted octanol–water partition coefficient (Wildman–Crippen LogP) is 5.44. The number of benzene rings is 1. The van der Waals surface area contributed by atoms with Crippen LogP contribution in [0.1, 0.15) is 96.9 Å². The first-order chi connectivity index (χ1) is 16.4. The van der Waals surface area contributed by atoms with Crippen molar-refractivity contribution in [3.05, 3.63) is 34.9 Å². The molecule has 0 aliphatic rings. The van der Waals surface area contributed by atoms with Gasteiger partial charge in [-0.15, -0.1) is 0 Å². The van der Waals surface area contributed by atoms with Crippen molar-refractivity contribution in [3.8, 4) is 0 Å². The summed E-state index contributed by atoms with van der Waals surface area (Å²) < 4.78 is 5.43. The minimum Gasteiger partial charge on any atom is -0.444 e. The third-order valence-corrected chi connectivity index (χ3v) is 6.36. The van der Waals surface area contributed by atoms with E-state index in [1.165, 1.54) is 0 Å². The van der Waals surface area contributed by atoms with Crippen LogP contribution in [-0.2, 0) is 14.3 Å². The van der Waals surface area contributed by atoms with Crippen LogP contribution < -0.4 is 10.6 Å². The van der Waals surface area contributed by atoms with Crippen LogP contribution in [0.5, 0.6) is 0 Å². The molecular weight excluding hydrogens is 442 g/mol. The van der Waals surface area contributed by atoms with Crippen LogP contribution in [0.2, 0.25) is 0 Å². The van der Waals surface area contributed by atoms with E-state index in [2.05, 4.69) is 17.6 Å². The van der Waals surface area contributed by atoms with E-state index in [4.69, 9.17) is 4.74 Å². The molecule has 7 heteroatoms. The Hall–Kier alpha value is -2.57. The Labute approximate surface area is 212 Å². The van der Waals surface area contributed by atoms with E-state index in [1.807, 2.05) is 52.8 Å². The predicted molar refractivity (Wildman–Crippen MR) is 141 cm³/mol. The van der Waals surface area contributed by atoms with Crippen molar-refractivity contribution >= 4 is 17.9 Å². The van der Waals surface area contributed by atoms with Crippen molar-refractivity contribution in [1.82, 2.24) is 15.5 Å². The molecule has 1 rings (SSSR count). The van der Waals surface area contributed by atoms with Gasteiger partial charge in [0, 0.05) is 13.1 Å². The molecule has 0 fully saturated rings. The summed E-state index contributed by atoms with van der Waals surface area (Å²) in [5.41, 5.74) is 2.15.